The first-order chi connectivity index (χ1) is 14.0. The molecule has 1 aromatic carbocycles. The number of benzene rings is 1. The van der Waals surface area contributed by atoms with Crippen molar-refractivity contribution in [3.05, 3.63) is 53.9 Å². The second kappa shape index (κ2) is 9.71. The van der Waals surface area contributed by atoms with Gasteiger partial charge in [-0.05, 0) is 36.5 Å². The number of halogens is 2. The van der Waals surface area contributed by atoms with Crippen molar-refractivity contribution in [3.63, 3.8) is 0 Å². The van der Waals surface area contributed by atoms with Gasteiger partial charge in [0.1, 0.15) is 12.7 Å². The number of carbonyl (C=O) groups excluding carboxylic acids is 1. The maximum absolute atomic E-state index is 14.2. The highest BCUT2D eigenvalue weighted by Gasteiger charge is 2.24. The van der Waals surface area contributed by atoms with Gasteiger partial charge in [-0.15, -0.1) is 0 Å². The number of nitrogens with zero attached hydrogens (tertiary/aromatic N) is 2. The minimum atomic E-state index is -0.914. The lowest BCUT2D eigenvalue weighted by atomic mass is 10.1. The number of hydrogen-bond acceptors (Lipinski definition) is 5. The second-order valence-electron chi connectivity index (χ2n) is 6.47. The van der Waals surface area contributed by atoms with Gasteiger partial charge in [-0.1, -0.05) is 6.92 Å². The summed E-state index contributed by atoms with van der Waals surface area (Å²) in [5.41, 5.74) is 0.754. The zero-order valence-corrected chi connectivity index (χ0v) is 16.7. The van der Waals surface area contributed by atoms with Gasteiger partial charge in [-0.3, -0.25) is 9.78 Å². The molecule has 1 aliphatic heterocycles. The highest BCUT2D eigenvalue weighted by molar-refractivity contribution is 7.80. The Kier molecular flexibility index (Phi) is 7.05. The van der Waals surface area contributed by atoms with Crippen LogP contribution >= 0.6 is 12.2 Å². The normalized spacial score (nSPS) is 16.4. The quantitative estimate of drug-likeness (QED) is 0.566. The van der Waals surface area contributed by atoms with Crippen LogP contribution in [0.15, 0.2) is 36.7 Å². The van der Waals surface area contributed by atoms with Crippen LogP contribution in [0.2, 0.25) is 0 Å². The number of hydrogen-bond donors (Lipinski definition) is 1. The van der Waals surface area contributed by atoms with Crippen molar-refractivity contribution < 1.29 is 23.0 Å². The molecule has 0 amide bonds. The van der Waals surface area contributed by atoms with E-state index in [4.69, 9.17) is 21.7 Å². The molecule has 0 spiro atoms. The van der Waals surface area contributed by atoms with E-state index in [2.05, 4.69) is 10.3 Å². The zero-order valence-electron chi connectivity index (χ0n) is 15.9. The summed E-state index contributed by atoms with van der Waals surface area (Å²) in [5, 5.41) is 3.60. The van der Waals surface area contributed by atoms with Gasteiger partial charge in [0.05, 0.1) is 18.5 Å². The van der Waals surface area contributed by atoms with Gasteiger partial charge < -0.3 is 19.7 Å². The molecule has 2 aromatic rings. The van der Waals surface area contributed by atoms with E-state index >= 15 is 0 Å². The van der Waals surface area contributed by atoms with Gasteiger partial charge in [0, 0.05) is 31.3 Å². The second-order valence-corrected chi connectivity index (χ2v) is 6.85. The van der Waals surface area contributed by atoms with Crippen molar-refractivity contribution >= 4 is 28.8 Å². The van der Waals surface area contributed by atoms with Crippen molar-refractivity contribution in [2.75, 3.05) is 31.6 Å². The largest absolute Gasteiger partial charge is 0.485 e. The summed E-state index contributed by atoms with van der Waals surface area (Å²) < 4.78 is 39.4. The van der Waals surface area contributed by atoms with Gasteiger partial charge >= 0.3 is 0 Å². The summed E-state index contributed by atoms with van der Waals surface area (Å²) in [6, 6.07) is 5.62. The summed E-state index contributed by atoms with van der Waals surface area (Å²) in [6.45, 7) is 2.96. The Bertz CT molecular complexity index is 860. The fourth-order valence-electron chi connectivity index (χ4n) is 2.88. The van der Waals surface area contributed by atoms with E-state index < -0.39 is 23.5 Å². The molecule has 1 aromatic heterocycles. The van der Waals surface area contributed by atoms with Crippen molar-refractivity contribution in [2.24, 2.45) is 0 Å². The van der Waals surface area contributed by atoms with Crippen molar-refractivity contribution in [1.29, 1.82) is 0 Å². The highest BCUT2D eigenvalue weighted by Crippen LogP contribution is 2.24. The minimum Gasteiger partial charge on any atom is -0.485 e. The SMILES string of the molecule is CCC(=O)c1cc(F)c(OCC2CN(C(=S)Nc3cccnc3)CCO2)c(F)c1. The maximum Gasteiger partial charge on any atom is 0.190 e. The van der Waals surface area contributed by atoms with Crippen LogP contribution in [0.3, 0.4) is 0 Å². The number of aromatic nitrogens is 1. The Balaban J connectivity index is 1.58. The van der Waals surface area contributed by atoms with Crippen LogP contribution in [0.25, 0.3) is 0 Å². The fraction of sp³-hybridized carbons (Fsp3) is 0.350. The Morgan fingerprint density at radius 2 is 2.17 bits per heavy atom. The molecule has 1 unspecified atom stereocenters. The zero-order chi connectivity index (χ0) is 20.8. The molecule has 9 heteroatoms. The molecule has 154 valence electrons. The van der Waals surface area contributed by atoms with E-state index in [0.29, 0.717) is 24.8 Å². The molecule has 1 saturated heterocycles. The number of ketones is 1. The van der Waals surface area contributed by atoms with Crippen LogP contribution in [0.1, 0.15) is 23.7 Å². The predicted octanol–water partition coefficient (Wildman–Crippen LogP) is 3.43. The van der Waals surface area contributed by atoms with Crippen molar-refractivity contribution in [3.8, 4) is 5.75 Å². The van der Waals surface area contributed by atoms with Gasteiger partial charge in [0.15, 0.2) is 28.3 Å². The number of pyridine rings is 1. The minimum absolute atomic E-state index is 0.0123. The molecule has 1 N–H and O–H groups in total. The number of morpholine rings is 1. The van der Waals surface area contributed by atoms with Crippen molar-refractivity contribution in [2.45, 2.75) is 19.4 Å². The number of thiocarbonyl (C=S) groups is 1. The fourth-order valence-corrected chi connectivity index (χ4v) is 3.17. The number of anilines is 1. The molecule has 1 atom stereocenters. The molecule has 0 radical (unpaired) electrons. The maximum atomic E-state index is 14.2. The van der Waals surface area contributed by atoms with Gasteiger partial charge in [-0.25, -0.2) is 8.78 Å². The Labute approximate surface area is 172 Å². The van der Waals surface area contributed by atoms with Crippen LogP contribution in [0.4, 0.5) is 14.5 Å². The smallest absolute Gasteiger partial charge is 0.190 e. The van der Waals surface area contributed by atoms with Crippen LogP contribution < -0.4 is 10.1 Å². The van der Waals surface area contributed by atoms with Crippen LogP contribution in [0, 0.1) is 11.6 Å². The molecule has 1 fully saturated rings. The molecule has 2 heterocycles. The third-order valence-corrected chi connectivity index (χ3v) is 4.75. The number of carbonyl (C=O) groups is 1. The van der Waals surface area contributed by atoms with E-state index in [0.717, 1.165) is 17.8 Å². The average molecular weight is 421 g/mol. The first-order valence-electron chi connectivity index (χ1n) is 9.20. The topological polar surface area (TPSA) is 63.7 Å². The molecular formula is C20H21F2N3O3S. The van der Waals surface area contributed by atoms with E-state index in [1.165, 1.54) is 0 Å². The van der Waals surface area contributed by atoms with Gasteiger partial charge in [-0.2, -0.15) is 0 Å². The summed E-state index contributed by atoms with van der Waals surface area (Å²) in [7, 11) is 0. The molecule has 29 heavy (non-hydrogen) atoms. The number of Topliss-reactive ketones (excluding diaryl/α,β-unsaturated/α-hetero) is 1. The Morgan fingerprint density at radius 3 is 2.83 bits per heavy atom. The molecule has 0 bridgehead atoms. The predicted molar refractivity (Wildman–Crippen MR) is 108 cm³/mol. The van der Waals surface area contributed by atoms with Gasteiger partial charge in [0.2, 0.25) is 0 Å². The lowest BCUT2D eigenvalue weighted by Crippen LogP contribution is -2.49. The van der Waals surface area contributed by atoms with Crippen LogP contribution in [-0.2, 0) is 4.74 Å². The number of nitrogens with one attached hydrogen (secondary N) is 1. The highest BCUT2D eigenvalue weighted by atomic mass is 32.1. The number of ether oxygens (including phenoxy) is 2. The summed E-state index contributed by atoms with van der Waals surface area (Å²) in [5.74, 6) is -2.68. The van der Waals surface area contributed by atoms with E-state index in [1.807, 2.05) is 11.0 Å². The molecule has 3 rings (SSSR count). The van der Waals surface area contributed by atoms with E-state index in [9.17, 15) is 13.6 Å². The van der Waals surface area contributed by atoms with E-state index in [-0.39, 0.29) is 24.4 Å². The Hall–Kier alpha value is -2.65. The summed E-state index contributed by atoms with van der Waals surface area (Å²) >= 11 is 5.42. The summed E-state index contributed by atoms with van der Waals surface area (Å²) in [4.78, 5) is 17.6. The molecule has 1 aliphatic rings. The first kappa shape index (κ1) is 21.1. The molecule has 0 saturated carbocycles. The number of rotatable bonds is 6. The third kappa shape index (κ3) is 5.45. The lowest BCUT2D eigenvalue weighted by molar-refractivity contribution is -0.0291. The monoisotopic (exact) mass is 421 g/mol. The molecule has 0 aliphatic carbocycles. The average Bonchev–Trinajstić information content (AvgIpc) is 2.73. The van der Waals surface area contributed by atoms with Crippen LogP contribution in [-0.4, -0.2) is 53.2 Å². The molecule has 6 nitrogen and oxygen atoms in total. The van der Waals surface area contributed by atoms with Crippen molar-refractivity contribution in [1.82, 2.24) is 9.88 Å². The Morgan fingerprint density at radius 1 is 1.41 bits per heavy atom. The summed E-state index contributed by atoms with van der Waals surface area (Å²) in [6.07, 6.45) is 3.07. The van der Waals surface area contributed by atoms with E-state index in [1.54, 1.807) is 25.4 Å². The lowest BCUT2D eigenvalue weighted by Gasteiger charge is -2.34. The van der Waals surface area contributed by atoms with Gasteiger partial charge in [0.25, 0.3) is 0 Å². The standard InChI is InChI=1S/C20H21F2N3O3S/c1-2-18(26)13-8-16(21)19(17(22)9-13)28-12-15-11-25(6-7-27-15)20(29)24-14-4-3-5-23-10-14/h3-5,8-10,15H,2,6-7,11-12H2,1H3,(H,24,29). The molecular weight excluding hydrogens is 400 g/mol. The first-order valence-corrected chi connectivity index (χ1v) is 9.61. The van der Waals surface area contributed by atoms with Crippen LogP contribution in [0.5, 0.6) is 5.75 Å². The third-order valence-electron chi connectivity index (χ3n) is 4.39.